The van der Waals surface area contributed by atoms with Crippen molar-refractivity contribution < 1.29 is 14.7 Å². The molecule has 2 N–H and O–H groups in total. The average molecular weight is 570 g/mol. The molecule has 7 nitrogen and oxygen atoms in total. The van der Waals surface area contributed by atoms with E-state index in [9.17, 15) is 19.5 Å². The van der Waals surface area contributed by atoms with Crippen LogP contribution in [0, 0.1) is 0 Å². The van der Waals surface area contributed by atoms with Crippen molar-refractivity contribution >= 4 is 55.5 Å². The molecule has 3 aromatic carbocycles. The van der Waals surface area contributed by atoms with Crippen molar-refractivity contribution in [1.29, 1.82) is 0 Å². The molecule has 5 rings (SSSR count). The molecule has 1 aromatic heterocycles. The fourth-order valence-electron chi connectivity index (χ4n) is 4.85. The average Bonchev–Trinajstić information content (AvgIpc) is 3.10. The van der Waals surface area contributed by atoms with Crippen LogP contribution < -0.4 is 10.5 Å². The van der Waals surface area contributed by atoms with E-state index in [1.165, 1.54) is 6.08 Å². The van der Waals surface area contributed by atoms with Crippen LogP contribution in [0.5, 0.6) is 0 Å². The fourth-order valence-corrected chi connectivity index (χ4v) is 5.11. The first kappa shape index (κ1) is 25.4. The molecule has 0 saturated carbocycles. The van der Waals surface area contributed by atoms with Gasteiger partial charge in [-0.25, -0.2) is 4.98 Å². The van der Waals surface area contributed by atoms with Crippen LogP contribution in [0.1, 0.15) is 30.7 Å². The highest BCUT2D eigenvalue weighted by atomic mass is 79.9. The number of Topliss-reactive ketones (excluding diaryl/α,β-unsaturated/α-hetero) is 1. The monoisotopic (exact) mass is 569 g/mol. The minimum Gasteiger partial charge on any atom is -0.506 e. The lowest BCUT2D eigenvalue weighted by molar-refractivity contribution is -0.130. The number of allylic oxidation sites excluding steroid dienone is 3. The largest absolute Gasteiger partial charge is 0.506 e. The third-order valence-electron chi connectivity index (χ3n) is 6.85. The number of aliphatic hydroxyl groups excluding tert-OH is 1. The summed E-state index contributed by atoms with van der Waals surface area (Å²) < 4.78 is 0.760. The van der Waals surface area contributed by atoms with E-state index < -0.39 is 33.9 Å². The SMILES string of the molecule is CN1C(=CC(=O)C(=O)/C(=C(/O)c2ccc(Br)cc2)c2nc3ccccc3[nH]c2=O)C(C)(C)c2ccccc21. The zero-order valence-corrected chi connectivity index (χ0v) is 22.5. The Hall–Kier alpha value is -4.30. The number of hydrogen-bond donors (Lipinski definition) is 2. The molecule has 190 valence electrons. The first-order valence-corrected chi connectivity index (χ1v) is 12.7. The Bertz CT molecular complexity index is 1730. The van der Waals surface area contributed by atoms with Crippen molar-refractivity contribution in [3.05, 3.63) is 116 Å². The lowest BCUT2D eigenvalue weighted by Crippen LogP contribution is -2.27. The molecule has 0 bridgehead atoms. The summed E-state index contributed by atoms with van der Waals surface area (Å²) in [4.78, 5) is 49.3. The van der Waals surface area contributed by atoms with E-state index in [1.807, 2.05) is 50.1 Å². The van der Waals surface area contributed by atoms with Gasteiger partial charge in [-0.15, -0.1) is 0 Å². The summed E-state index contributed by atoms with van der Waals surface area (Å²) in [5, 5.41) is 11.3. The number of nitrogens with zero attached hydrogens (tertiary/aromatic N) is 2. The molecule has 0 fully saturated rings. The van der Waals surface area contributed by atoms with Crippen LogP contribution in [0.15, 0.2) is 93.8 Å². The number of aromatic nitrogens is 2. The Labute approximate surface area is 227 Å². The highest BCUT2D eigenvalue weighted by Crippen LogP contribution is 2.46. The zero-order chi connectivity index (χ0) is 27.2. The van der Waals surface area contributed by atoms with Gasteiger partial charge >= 0.3 is 0 Å². The second-order valence-electron chi connectivity index (χ2n) is 9.59. The van der Waals surface area contributed by atoms with Gasteiger partial charge in [0, 0.05) is 40.0 Å². The van der Waals surface area contributed by atoms with Crippen LogP contribution in [-0.4, -0.2) is 33.7 Å². The first-order chi connectivity index (χ1) is 18.1. The van der Waals surface area contributed by atoms with E-state index in [-0.39, 0.29) is 11.3 Å². The van der Waals surface area contributed by atoms with Crippen molar-refractivity contribution in [2.75, 3.05) is 11.9 Å². The van der Waals surface area contributed by atoms with E-state index in [1.54, 1.807) is 48.5 Å². The number of rotatable bonds is 5. The highest BCUT2D eigenvalue weighted by molar-refractivity contribution is 9.10. The van der Waals surface area contributed by atoms with Gasteiger partial charge < -0.3 is 15.0 Å². The third kappa shape index (κ3) is 4.26. The maximum Gasteiger partial charge on any atom is 0.275 e. The summed E-state index contributed by atoms with van der Waals surface area (Å²) in [5.41, 5.74) is 1.70. The highest BCUT2D eigenvalue weighted by Gasteiger charge is 2.39. The topological polar surface area (TPSA) is 103 Å². The molecule has 2 heterocycles. The van der Waals surface area contributed by atoms with E-state index in [2.05, 4.69) is 25.9 Å². The second-order valence-corrected chi connectivity index (χ2v) is 10.5. The minimum atomic E-state index is -1.04. The van der Waals surface area contributed by atoms with Gasteiger partial charge in [0.1, 0.15) is 11.5 Å². The quantitative estimate of drug-likeness (QED) is 0.185. The van der Waals surface area contributed by atoms with Crippen LogP contribution in [0.4, 0.5) is 5.69 Å². The molecule has 0 unspecified atom stereocenters. The van der Waals surface area contributed by atoms with Crippen molar-refractivity contribution in [3.8, 4) is 0 Å². The Morgan fingerprint density at radius 3 is 2.37 bits per heavy atom. The second kappa shape index (κ2) is 9.54. The molecule has 38 heavy (non-hydrogen) atoms. The van der Waals surface area contributed by atoms with Crippen molar-refractivity contribution in [1.82, 2.24) is 9.97 Å². The number of ketones is 2. The number of nitrogens with one attached hydrogen (secondary N) is 1. The maximum absolute atomic E-state index is 13.8. The number of carbonyl (C=O) groups excluding carboxylic acids is 2. The molecule has 8 heteroatoms. The number of H-pyrrole nitrogens is 1. The number of halogens is 1. The summed E-state index contributed by atoms with van der Waals surface area (Å²) >= 11 is 3.35. The lowest BCUT2D eigenvalue weighted by atomic mass is 9.83. The lowest BCUT2D eigenvalue weighted by Gasteiger charge is -2.23. The van der Waals surface area contributed by atoms with E-state index in [4.69, 9.17) is 0 Å². The van der Waals surface area contributed by atoms with Gasteiger partial charge in [0.2, 0.25) is 11.6 Å². The molecule has 1 aliphatic heterocycles. The van der Waals surface area contributed by atoms with Gasteiger partial charge in [-0.05, 0) is 35.9 Å². The Morgan fingerprint density at radius 1 is 1.00 bits per heavy atom. The van der Waals surface area contributed by atoms with Crippen molar-refractivity contribution in [2.45, 2.75) is 19.3 Å². The van der Waals surface area contributed by atoms with Crippen LogP contribution in [0.25, 0.3) is 22.4 Å². The summed E-state index contributed by atoms with van der Waals surface area (Å²) in [5.74, 6) is -2.42. The van der Waals surface area contributed by atoms with Gasteiger partial charge in [0.15, 0.2) is 0 Å². The third-order valence-corrected chi connectivity index (χ3v) is 7.38. The normalized spacial score (nSPS) is 15.9. The Kier molecular flexibility index (Phi) is 6.36. The summed E-state index contributed by atoms with van der Waals surface area (Å²) in [6.07, 6.45) is 1.28. The number of fused-ring (bicyclic) bond motifs is 2. The minimum absolute atomic E-state index is 0.261. The smallest absolute Gasteiger partial charge is 0.275 e. The van der Waals surface area contributed by atoms with Crippen molar-refractivity contribution in [3.63, 3.8) is 0 Å². The number of para-hydroxylation sites is 3. The molecule has 0 spiro atoms. The predicted molar refractivity (Wildman–Crippen MR) is 152 cm³/mol. The predicted octanol–water partition coefficient (Wildman–Crippen LogP) is 5.56. The number of likely N-dealkylation sites (N-methyl/N-ethyl adjacent to an activating group) is 1. The van der Waals surface area contributed by atoms with Crippen LogP contribution >= 0.6 is 15.9 Å². The van der Waals surface area contributed by atoms with Gasteiger partial charge in [0.25, 0.3) is 5.56 Å². The van der Waals surface area contributed by atoms with Gasteiger partial charge in [-0.2, -0.15) is 0 Å². The number of hydrogen-bond acceptors (Lipinski definition) is 6. The standard InChI is InChI=1S/C30H24BrN3O4/c1-30(2)19-8-4-7-11-22(19)34(3)24(30)16-23(35)28(37)25(27(36)17-12-14-18(31)15-13-17)26-29(38)33-21-10-6-5-9-20(21)32-26/h4-16,36H,1-3H3,(H,33,38)/b24-16?,27-25+. The molecule has 4 aromatic rings. The fraction of sp³-hybridized carbons (Fsp3) is 0.133. The van der Waals surface area contributed by atoms with Gasteiger partial charge in [-0.3, -0.25) is 14.4 Å². The molecular formula is C30H24BrN3O4. The maximum atomic E-state index is 13.8. The molecule has 0 radical (unpaired) electrons. The van der Waals surface area contributed by atoms with Gasteiger partial charge in [0.05, 0.1) is 16.6 Å². The molecule has 0 aliphatic carbocycles. The van der Waals surface area contributed by atoms with E-state index in [0.717, 1.165) is 15.7 Å². The molecule has 0 atom stereocenters. The molecule has 1 aliphatic rings. The number of carbonyl (C=O) groups is 2. The number of aromatic amines is 1. The van der Waals surface area contributed by atoms with Crippen LogP contribution in [-0.2, 0) is 15.0 Å². The summed E-state index contributed by atoms with van der Waals surface area (Å²) in [6.45, 7) is 3.95. The van der Waals surface area contributed by atoms with Crippen LogP contribution in [0.2, 0.25) is 0 Å². The zero-order valence-electron chi connectivity index (χ0n) is 20.9. The molecular weight excluding hydrogens is 546 g/mol. The Balaban J connectivity index is 1.66. The van der Waals surface area contributed by atoms with Crippen LogP contribution in [0.3, 0.4) is 0 Å². The first-order valence-electron chi connectivity index (χ1n) is 11.9. The van der Waals surface area contributed by atoms with Crippen molar-refractivity contribution in [2.24, 2.45) is 0 Å². The molecule has 0 saturated heterocycles. The summed E-state index contributed by atoms with van der Waals surface area (Å²) in [6, 6.07) is 21.1. The Morgan fingerprint density at radius 2 is 1.66 bits per heavy atom. The van der Waals surface area contributed by atoms with E-state index >= 15 is 0 Å². The van der Waals surface area contributed by atoms with Gasteiger partial charge in [-0.1, -0.05) is 72.2 Å². The molecule has 0 amide bonds. The van der Waals surface area contributed by atoms with E-state index in [0.29, 0.717) is 16.7 Å². The summed E-state index contributed by atoms with van der Waals surface area (Å²) in [7, 11) is 1.84. The number of anilines is 1. The number of benzene rings is 3. The number of aliphatic hydroxyl groups is 1.